The van der Waals surface area contributed by atoms with E-state index in [2.05, 4.69) is 0 Å². The van der Waals surface area contributed by atoms with Crippen LogP contribution in [0.25, 0.3) is 0 Å². The molecule has 1 atom stereocenters. The Kier molecular flexibility index (Phi) is 2.86. The number of carbonyl (C=O) groups excluding carboxylic acids is 1. The molecule has 0 amide bonds. The van der Waals surface area contributed by atoms with E-state index in [0.29, 0.717) is 6.29 Å². The van der Waals surface area contributed by atoms with E-state index >= 15 is 0 Å². The largest absolute Gasteiger partial charge is 0.491 e. The summed E-state index contributed by atoms with van der Waals surface area (Å²) in [6.07, 6.45) is 5.97. The highest BCUT2D eigenvalue weighted by Crippen LogP contribution is 2.09. The molecule has 0 fully saturated rings. The summed E-state index contributed by atoms with van der Waals surface area (Å²) in [5.74, 6) is 0.728. The monoisotopic (exact) mass is 154 g/mol. The van der Waals surface area contributed by atoms with Gasteiger partial charge in [0.2, 0.25) is 0 Å². The van der Waals surface area contributed by atoms with Gasteiger partial charge in [-0.3, -0.25) is 0 Å². The molecule has 60 valence electrons. The van der Waals surface area contributed by atoms with Gasteiger partial charge in [0.05, 0.1) is 0 Å². The Balaban J connectivity index is 2.21. The number of carbonyl (C=O) groups is 1. The molecule has 0 unspecified atom stereocenters. The highest BCUT2D eigenvalue weighted by atomic mass is 16.5. The minimum absolute atomic E-state index is 0.0413. The predicted octanol–water partition coefficient (Wildman–Crippen LogP) is 0.407. The predicted molar refractivity (Wildman–Crippen MR) is 39.9 cm³/mol. The lowest BCUT2D eigenvalue weighted by Gasteiger charge is -2.05. The van der Waals surface area contributed by atoms with Gasteiger partial charge >= 0.3 is 0 Å². The number of aliphatic hydroxyl groups is 1. The van der Waals surface area contributed by atoms with Crippen molar-refractivity contribution in [3.8, 4) is 0 Å². The van der Waals surface area contributed by atoms with Crippen LogP contribution in [-0.4, -0.2) is 24.1 Å². The third kappa shape index (κ3) is 2.55. The normalized spacial score (nSPS) is 17.7. The van der Waals surface area contributed by atoms with Gasteiger partial charge in [0, 0.05) is 0 Å². The van der Waals surface area contributed by atoms with E-state index in [1.165, 1.54) is 0 Å². The molecule has 0 aromatic carbocycles. The number of allylic oxidation sites excluding steroid dienone is 3. The lowest BCUT2D eigenvalue weighted by molar-refractivity contribution is -0.116. The maximum atomic E-state index is 9.94. The van der Waals surface area contributed by atoms with Crippen molar-refractivity contribution < 1.29 is 14.6 Å². The molecule has 0 spiro atoms. The van der Waals surface area contributed by atoms with E-state index in [4.69, 9.17) is 9.84 Å². The summed E-state index contributed by atoms with van der Waals surface area (Å²) in [5, 5.41) is 8.77. The van der Waals surface area contributed by atoms with Gasteiger partial charge in [-0.05, 0) is 18.6 Å². The number of aliphatic hydroxyl groups excluding tert-OH is 1. The van der Waals surface area contributed by atoms with Crippen molar-refractivity contribution in [2.75, 3.05) is 6.61 Å². The minimum Gasteiger partial charge on any atom is -0.491 e. The van der Waals surface area contributed by atoms with Crippen LogP contribution >= 0.6 is 0 Å². The first-order chi connectivity index (χ1) is 5.33. The fourth-order valence-electron chi connectivity index (χ4n) is 0.764. The zero-order valence-corrected chi connectivity index (χ0v) is 6.06. The van der Waals surface area contributed by atoms with Gasteiger partial charge in [-0.25, -0.2) is 0 Å². The molecule has 1 aliphatic carbocycles. The summed E-state index contributed by atoms with van der Waals surface area (Å²) in [6, 6.07) is 0. The van der Waals surface area contributed by atoms with Crippen molar-refractivity contribution in [3.05, 3.63) is 24.0 Å². The van der Waals surface area contributed by atoms with Crippen LogP contribution in [0.15, 0.2) is 24.0 Å². The SMILES string of the molecule is O=C[C@H](O)COC1=CCC=C1. The van der Waals surface area contributed by atoms with Crippen molar-refractivity contribution in [2.45, 2.75) is 12.5 Å². The van der Waals surface area contributed by atoms with E-state index in [1.807, 2.05) is 18.2 Å². The molecule has 0 radical (unpaired) electrons. The molecule has 3 nitrogen and oxygen atoms in total. The third-order valence-electron chi connectivity index (χ3n) is 1.32. The Hall–Kier alpha value is -1.09. The first-order valence-electron chi connectivity index (χ1n) is 3.46. The van der Waals surface area contributed by atoms with Crippen molar-refractivity contribution in [1.29, 1.82) is 0 Å². The van der Waals surface area contributed by atoms with Gasteiger partial charge in [0.1, 0.15) is 18.5 Å². The topological polar surface area (TPSA) is 46.5 Å². The molecule has 11 heavy (non-hydrogen) atoms. The van der Waals surface area contributed by atoms with Gasteiger partial charge in [-0.15, -0.1) is 0 Å². The molecule has 0 aromatic heterocycles. The lowest BCUT2D eigenvalue weighted by atomic mass is 10.4. The summed E-state index contributed by atoms with van der Waals surface area (Å²) in [6.45, 7) is 0.0413. The summed E-state index contributed by atoms with van der Waals surface area (Å²) in [7, 11) is 0. The highest BCUT2D eigenvalue weighted by Gasteiger charge is 2.03. The third-order valence-corrected chi connectivity index (χ3v) is 1.32. The second-order valence-electron chi connectivity index (χ2n) is 2.26. The number of aldehydes is 1. The second-order valence-corrected chi connectivity index (χ2v) is 2.26. The van der Waals surface area contributed by atoms with E-state index in [0.717, 1.165) is 12.2 Å². The van der Waals surface area contributed by atoms with Crippen LogP contribution in [0, 0.1) is 0 Å². The first-order valence-corrected chi connectivity index (χ1v) is 3.46. The second kappa shape index (κ2) is 3.93. The van der Waals surface area contributed by atoms with Crippen LogP contribution in [0.4, 0.5) is 0 Å². The van der Waals surface area contributed by atoms with Crippen molar-refractivity contribution in [3.63, 3.8) is 0 Å². The average molecular weight is 154 g/mol. The van der Waals surface area contributed by atoms with E-state index in [1.54, 1.807) is 0 Å². The summed E-state index contributed by atoms with van der Waals surface area (Å²) in [4.78, 5) is 9.94. The van der Waals surface area contributed by atoms with Crippen molar-refractivity contribution >= 4 is 6.29 Å². The Morgan fingerprint density at radius 1 is 1.82 bits per heavy atom. The Bertz CT molecular complexity index is 194. The van der Waals surface area contributed by atoms with Crippen LogP contribution in [0.5, 0.6) is 0 Å². The maximum Gasteiger partial charge on any atom is 0.151 e. The van der Waals surface area contributed by atoms with E-state index < -0.39 is 6.10 Å². The lowest BCUT2D eigenvalue weighted by Crippen LogP contribution is -2.15. The van der Waals surface area contributed by atoms with Gasteiger partial charge < -0.3 is 14.6 Å². The first kappa shape index (κ1) is 8.01. The fourth-order valence-corrected chi connectivity index (χ4v) is 0.764. The van der Waals surface area contributed by atoms with Gasteiger partial charge in [-0.1, -0.05) is 6.08 Å². The molecule has 0 saturated heterocycles. The van der Waals surface area contributed by atoms with Crippen molar-refractivity contribution in [2.24, 2.45) is 0 Å². The van der Waals surface area contributed by atoms with Crippen LogP contribution < -0.4 is 0 Å². The Morgan fingerprint density at radius 3 is 3.18 bits per heavy atom. The van der Waals surface area contributed by atoms with Crippen LogP contribution in [0.2, 0.25) is 0 Å². The quantitative estimate of drug-likeness (QED) is 0.596. The molecular formula is C8H10O3. The van der Waals surface area contributed by atoms with E-state index in [-0.39, 0.29) is 6.61 Å². The number of hydrogen-bond donors (Lipinski definition) is 1. The molecule has 1 N–H and O–H groups in total. The molecular weight excluding hydrogens is 144 g/mol. The number of hydrogen-bond acceptors (Lipinski definition) is 3. The highest BCUT2D eigenvalue weighted by molar-refractivity contribution is 5.55. The van der Waals surface area contributed by atoms with Gasteiger partial charge in [0.25, 0.3) is 0 Å². The van der Waals surface area contributed by atoms with E-state index in [9.17, 15) is 4.79 Å². The molecule has 0 aliphatic heterocycles. The zero-order chi connectivity index (χ0) is 8.10. The maximum absolute atomic E-state index is 9.94. The smallest absolute Gasteiger partial charge is 0.151 e. The Morgan fingerprint density at radius 2 is 2.64 bits per heavy atom. The standard InChI is InChI=1S/C8H10O3/c9-5-7(10)6-11-8-3-1-2-4-8/h1,3-5,7,10H,2,6H2/t7-/m0/s1. The van der Waals surface area contributed by atoms with Crippen LogP contribution in [0.1, 0.15) is 6.42 Å². The Labute approximate surface area is 65.0 Å². The minimum atomic E-state index is -1.01. The van der Waals surface area contributed by atoms with Crippen molar-refractivity contribution in [1.82, 2.24) is 0 Å². The molecule has 0 aromatic rings. The summed E-state index contributed by atoms with van der Waals surface area (Å²) >= 11 is 0. The molecule has 0 heterocycles. The molecule has 0 bridgehead atoms. The van der Waals surface area contributed by atoms with Gasteiger partial charge in [-0.2, -0.15) is 0 Å². The molecule has 1 aliphatic rings. The zero-order valence-electron chi connectivity index (χ0n) is 6.06. The van der Waals surface area contributed by atoms with Gasteiger partial charge in [0.15, 0.2) is 6.29 Å². The fraction of sp³-hybridized carbons (Fsp3) is 0.375. The average Bonchev–Trinajstić information content (AvgIpc) is 2.52. The molecule has 3 heteroatoms. The number of rotatable bonds is 4. The molecule has 1 rings (SSSR count). The summed E-state index contributed by atoms with van der Waals surface area (Å²) in [5.41, 5.74) is 0. The number of ether oxygens (including phenoxy) is 1. The summed E-state index contributed by atoms with van der Waals surface area (Å²) < 4.78 is 5.05. The van der Waals surface area contributed by atoms with Crippen LogP contribution in [-0.2, 0) is 9.53 Å². The molecule has 0 saturated carbocycles. The van der Waals surface area contributed by atoms with Crippen LogP contribution in [0.3, 0.4) is 0 Å².